The number of nitrogens with one attached hydrogen (secondary N) is 1. The number of rotatable bonds is 3. The molecule has 0 aromatic heterocycles. The van der Waals surface area contributed by atoms with Crippen molar-refractivity contribution in [1.82, 2.24) is 10.2 Å². The summed E-state index contributed by atoms with van der Waals surface area (Å²) >= 11 is 0. The molecule has 1 saturated carbocycles. The van der Waals surface area contributed by atoms with Gasteiger partial charge in [0.1, 0.15) is 0 Å². The summed E-state index contributed by atoms with van der Waals surface area (Å²) in [5, 5.41) is 12.4. The highest BCUT2D eigenvalue weighted by molar-refractivity contribution is 5.35. The Balaban J connectivity index is 1.86. The molecule has 1 aromatic carbocycles. The zero-order chi connectivity index (χ0) is 12.4. The van der Waals surface area contributed by atoms with Gasteiger partial charge in [0.05, 0.1) is 11.6 Å². The van der Waals surface area contributed by atoms with Crippen LogP contribution < -0.4 is 5.32 Å². The first-order chi connectivity index (χ1) is 8.88. The Labute approximate surface area is 108 Å². The molecule has 18 heavy (non-hydrogen) atoms. The molecule has 1 atom stereocenters. The Kier molecular flexibility index (Phi) is 3.31. The second kappa shape index (κ2) is 5.09. The minimum atomic E-state index is 0.528. The van der Waals surface area contributed by atoms with E-state index in [0.717, 1.165) is 37.7 Å². The van der Waals surface area contributed by atoms with E-state index >= 15 is 0 Å². The average Bonchev–Trinajstić information content (AvgIpc) is 3.25. The smallest absolute Gasteiger partial charge is 0.0991 e. The second-order valence-electron chi connectivity index (χ2n) is 5.31. The fraction of sp³-hybridized carbons (Fsp3) is 0.533. The van der Waals surface area contributed by atoms with E-state index in [1.165, 1.54) is 18.4 Å². The lowest BCUT2D eigenvalue weighted by Crippen LogP contribution is -2.45. The van der Waals surface area contributed by atoms with Gasteiger partial charge in [0, 0.05) is 32.2 Å². The van der Waals surface area contributed by atoms with E-state index in [4.69, 9.17) is 5.26 Å². The minimum Gasteiger partial charge on any atom is -0.314 e. The predicted octanol–water partition coefficient (Wildman–Crippen LogP) is 1.91. The van der Waals surface area contributed by atoms with Crippen LogP contribution in [0.1, 0.15) is 30.0 Å². The van der Waals surface area contributed by atoms with Crippen molar-refractivity contribution < 1.29 is 0 Å². The maximum absolute atomic E-state index is 9.03. The molecule has 2 aliphatic rings. The Bertz CT molecular complexity index is 453. The number of piperazine rings is 1. The van der Waals surface area contributed by atoms with Crippen LogP contribution in [0, 0.1) is 17.2 Å². The Morgan fingerprint density at radius 3 is 2.72 bits per heavy atom. The first-order valence-electron chi connectivity index (χ1n) is 6.83. The van der Waals surface area contributed by atoms with Gasteiger partial charge in [-0.05, 0) is 36.5 Å². The standard InChI is InChI=1S/C15H19N3/c16-11-12-2-1-3-14(10-12)15(13-4-5-13)18-8-6-17-7-9-18/h1-3,10,13,15,17H,4-9H2/t15-/m1/s1. The summed E-state index contributed by atoms with van der Waals surface area (Å²) < 4.78 is 0. The zero-order valence-electron chi connectivity index (χ0n) is 10.6. The van der Waals surface area contributed by atoms with Crippen LogP contribution in [0.4, 0.5) is 0 Å². The topological polar surface area (TPSA) is 39.1 Å². The van der Waals surface area contributed by atoms with Gasteiger partial charge in [-0.2, -0.15) is 5.26 Å². The monoisotopic (exact) mass is 241 g/mol. The molecule has 2 fully saturated rings. The van der Waals surface area contributed by atoms with Crippen LogP contribution in [0.25, 0.3) is 0 Å². The van der Waals surface area contributed by atoms with Gasteiger partial charge >= 0.3 is 0 Å². The highest BCUT2D eigenvalue weighted by Gasteiger charge is 2.36. The number of benzene rings is 1. The van der Waals surface area contributed by atoms with Crippen molar-refractivity contribution in [2.45, 2.75) is 18.9 Å². The molecule has 0 spiro atoms. The normalized spacial score (nSPS) is 22.4. The molecule has 1 N–H and O–H groups in total. The molecule has 1 aliphatic carbocycles. The van der Waals surface area contributed by atoms with Crippen LogP contribution >= 0.6 is 0 Å². The van der Waals surface area contributed by atoms with Gasteiger partial charge in [0.15, 0.2) is 0 Å². The largest absolute Gasteiger partial charge is 0.314 e. The summed E-state index contributed by atoms with van der Waals surface area (Å²) in [5.41, 5.74) is 2.12. The van der Waals surface area contributed by atoms with E-state index in [-0.39, 0.29) is 0 Å². The van der Waals surface area contributed by atoms with Gasteiger partial charge < -0.3 is 5.32 Å². The van der Waals surface area contributed by atoms with Gasteiger partial charge in [0.25, 0.3) is 0 Å². The predicted molar refractivity (Wildman–Crippen MR) is 71.1 cm³/mol. The van der Waals surface area contributed by atoms with Gasteiger partial charge in [-0.1, -0.05) is 12.1 Å². The molecule has 1 aromatic rings. The summed E-state index contributed by atoms with van der Waals surface area (Å²) in [6.45, 7) is 4.41. The van der Waals surface area contributed by atoms with E-state index in [9.17, 15) is 0 Å². The highest BCUT2D eigenvalue weighted by Crippen LogP contribution is 2.44. The molecule has 3 heteroatoms. The fourth-order valence-electron chi connectivity index (χ4n) is 2.95. The summed E-state index contributed by atoms with van der Waals surface area (Å²) in [4.78, 5) is 2.59. The molecule has 0 radical (unpaired) electrons. The SMILES string of the molecule is N#Cc1cccc([C@@H](C2CC2)N2CCNCC2)c1. The highest BCUT2D eigenvalue weighted by atomic mass is 15.2. The van der Waals surface area contributed by atoms with Crippen LogP contribution in [0.2, 0.25) is 0 Å². The minimum absolute atomic E-state index is 0.528. The second-order valence-corrected chi connectivity index (χ2v) is 5.31. The molecule has 0 unspecified atom stereocenters. The summed E-state index contributed by atoms with van der Waals surface area (Å²) in [6.07, 6.45) is 2.68. The van der Waals surface area contributed by atoms with Gasteiger partial charge in [-0.3, -0.25) is 4.90 Å². The van der Waals surface area contributed by atoms with Gasteiger partial charge in [-0.15, -0.1) is 0 Å². The Morgan fingerprint density at radius 2 is 2.06 bits per heavy atom. The third-order valence-corrected chi connectivity index (χ3v) is 3.97. The lowest BCUT2D eigenvalue weighted by atomic mass is 9.98. The van der Waals surface area contributed by atoms with Crippen molar-refractivity contribution in [3.05, 3.63) is 35.4 Å². The number of nitrogens with zero attached hydrogens (tertiary/aromatic N) is 2. The fourth-order valence-corrected chi connectivity index (χ4v) is 2.95. The first kappa shape index (κ1) is 11.7. The van der Waals surface area contributed by atoms with Crippen LogP contribution in [0.5, 0.6) is 0 Å². The van der Waals surface area contributed by atoms with E-state index < -0.39 is 0 Å². The van der Waals surface area contributed by atoms with Gasteiger partial charge in [0.2, 0.25) is 0 Å². The summed E-state index contributed by atoms with van der Waals surface area (Å²) in [7, 11) is 0. The summed E-state index contributed by atoms with van der Waals surface area (Å²) in [5.74, 6) is 0.803. The third-order valence-electron chi connectivity index (χ3n) is 3.97. The molecule has 1 heterocycles. The zero-order valence-corrected chi connectivity index (χ0v) is 10.6. The molecule has 0 bridgehead atoms. The van der Waals surface area contributed by atoms with E-state index in [1.54, 1.807) is 0 Å². The van der Waals surface area contributed by atoms with Crippen molar-refractivity contribution in [2.75, 3.05) is 26.2 Å². The number of nitriles is 1. The van der Waals surface area contributed by atoms with Crippen LogP contribution in [0.3, 0.4) is 0 Å². The maximum Gasteiger partial charge on any atom is 0.0991 e. The summed E-state index contributed by atoms with van der Waals surface area (Å²) in [6, 6.07) is 11.0. The van der Waals surface area contributed by atoms with Crippen molar-refractivity contribution in [1.29, 1.82) is 5.26 Å². The van der Waals surface area contributed by atoms with Crippen molar-refractivity contribution >= 4 is 0 Å². The van der Waals surface area contributed by atoms with Crippen LogP contribution in [-0.2, 0) is 0 Å². The number of hydrogen-bond donors (Lipinski definition) is 1. The molecule has 3 nitrogen and oxygen atoms in total. The van der Waals surface area contributed by atoms with E-state index in [2.05, 4.69) is 28.4 Å². The first-order valence-corrected chi connectivity index (χ1v) is 6.83. The van der Waals surface area contributed by atoms with E-state index in [1.807, 2.05) is 12.1 Å². The van der Waals surface area contributed by atoms with E-state index in [0.29, 0.717) is 6.04 Å². The molecule has 1 saturated heterocycles. The Hall–Kier alpha value is -1.37. The lowest BCUT2D eigenvalue weighted by Gasteiger charge is -2.35. The molecular formula is C15H19N3. The van der Waals surface area contributed by atoms with Crippen molar-refractivity contribution in [3.8, 4) is 6.07 Å². The molecule has 1 aliphatic heterocycles. The van der Waals surface area contributed by atoms with Crippen LogP contribution in [0.15, 0.2) is 24.3 Å². The van der Waals surface area contributed by atoms with Crippen molar-refractivity contribution in [3.63, 3.8) is 0 Å². The maximum atomic E-state index is 9.03. The average molecular weight is 241 g/mol. The molecular weight excluding hydrogens is 222 g/mol. The molecule has 3 rings (SSSR count). The number of hydrogen-bond acceptors (Lipinski definition) is 3. The molecule has 94 valence electrons. The Morgan fingerprint density at radius 1 is 1.28 bits per heavy atom. The molecule has 0 amide bonds. The van der Waals surface area contributed by atoms with Crippen molar-refractivity contribution in [2.24, 2.45) is 5.92 Å². The third kappa shape index (κ3) is 2.40. The quantitative estimate of drug-likeness (QED) is 0.878. The van der Waals surface area contributed by atoms with Crippen LogP contribution in [-0.4, -0.2) is 31.1 Å². The lowest BCUT2D eigenvalue weighted by molar-refractivity contribution is 0.156. The van der Waals surface area contributed by atoms with Gasteiger partial charge in [-0.25, -0.2) is 0 Å².